The van der Waals surface area contributed by atoms with Crippen LogP contribution in [-0.4, -0.2) is 6.04 Å². The highest BCUT2D eigenvalue weighted by atomic mass is 35.5. The predicted molar refractivity (Wildman–Crippen MR) is 131 cm³/mol. The van der Waals surface area contributed by atoms with Crippen LogP contribution in [0.2, 0.25) is 5.02 Å². The van der Waals surface area contributed by atoms with Crippen LogP contribution < -0.4 is 10.1 Å². The molecule has 0 radical (unpaired) electrons. The Morgan fingerprint density at radius 1 is 0.839 bits per heavy atom. The molecule has 0 fully saturated rings. The maximum Gasteiger partial charge on any atom is 0.124 e. The van der Waals surface area contributed by atoms with Crippen molar-refractivity contribution >= 4 is 22.4 Å². The summed E-state index contributed by atoms with van der Waals surface area (Å²) in [6, 6.07) is 31.6. The van der Waals surface area contributed by atoms with E-state index >= 15 is 0 Å². The van der Waals surface area contributed by atoms with Crippen molar-refractivity contribution in [1.82, 2.24) is 5.32 Å². The standard InChI is InChI=1S/C28H28ClNO/c1-21(15-16-22-9-3-2-4-10-22)30-19-26-25-13-7-5-11-23(25)17-18-28(26)31-20-24-12-6-8-14-27(24)29/h2-14,17-18,21,30H,15-16,19-20H2,1H3/t21-/m0/s1. The van der Waals surface area contributed by atoms with Crippen LogP contribution in [0.5, 0.6) is 5.75 Å². The lowest BCUT2D eigenvalue weighted by molar-refractivity contribution is 0.302. The largest absolute Gasteiger partial charge is 0.488 e. The van der Waals surface area contributed by atoms with Crippen LogP contribution in [0.25, 0.3) is 10.8 Å². The third kappa shape index (κ3) is 5.66. The molecule has 4 aromatic rings. The molecule has 158 valence electrons. The van der Waals surface area contributed by atoms with Gasteiger partial charge in [0.1, 0.15) is 12.4 Å². The second-order valence-corrected chi connectivity index (χ2v) is 8.36. The number of aryl methyl sites for hydroxylation is 1. The summed E-state index contributed by atoms with van der Waals surface area (Å²) in [5, 5.41) is 6.89. The molecule has 3 heteroatoms. The quantitative estimate of drug-likeness (QED) is 0.304. The number of hydrogen-bond acceptors (Lipinski definition) is 2. The summed E-state index contributed by atoms with van der Waals surface area (Å²) in [4.78, 5) is 0. The zero-order valence-electron chi connectivity index (χ0n) is 17.9. The van der Waals surface area contributed by atoms with E-state index in [1.807, 2.05) is 24.3 Å². The van der Waals surface area contributed by atoms with Crippen molar-refractivity contribution in [3.63, 3.8) is 0 Å². The van der Waals surface area contributed by atoms with Crippen molar-refractivity contribution < 1.29 is 4.74 Å². The maximum atomic E-state index is 6.32. The number of halogens is 1. The minimum atomic E-state index is 0.399. The average Bonchev–Trinajstić information content (AvgIpc) is 2.81. The van der Waals surface area contributed by atoms with Gasteiger partial charge < -0.3 is 10.1 Å². The Hall–Kier alpha value is -2.81. The molecule has 0 amide bonds. The third-order valence-electron chi connectivity index (χ3n) is 5.67. The van der Waals surface area contributed by atoms with Crippen LogP contribution in [0.3, 0.4) is 0 Å². The summed E-state index contributed by atoms with van der Waals surface area (Å²) in [5.74, 6) is 0.904. The van der Waals surface area contributed by atoms with Gasteiger partial charge in [0.05, 0.1) is 0 Å². The van der Waals surface area contributed by atoms with Crippen molar-refractivity contribution in [2.45, 2.75) is 39.0 Å². The highest BCUT2D eigenvalue weighted by molar-refractivity contribution is 6.31. The van der Waals surface area contributed by atoms with Crippen molar-refractivity contribution in [2.24, 2.45) is 0 Å². The van der Waals surface area contributed by atoms with Crippen LogP contribution in [0.1, 0.15) is 30.0 Å². The van der Waals surface area contributed by atoms with Gasteiger partial charge in [-0.3, -0.25) is 0 Å². The van der Waals surface area contributed by atoms with Crippen LogP contribution >= 0.6 is 11.6 Å². The smallest absolute Gasteiger partial charge is 0.124 e. The van der Waals surface area contributed by atoms with Gasteiger partial charge in [-0.2, -0.15) is 0 Å². The van der Waals surface area contributed by atoms with Crippen LogP contribution in [0, 0.1) is 0 Å². The Balaban J connectivity index is 1.48. The average molecular weight is 430 g/mol. The maximum absolute atomic E-state index is 6.32. The summed E-state index contributed by atoms with van der Waals surface area (Å²) in [7, 11) is 0. The first kappa shape index (κ1) is 21.4. The molecule has 0 unspecified atom stereocenters. The normalized spacial score (nSPS) is 12.1. The summed E-state index contributed by atoms with van der Waals surface area (Å²) in [6.07, 6.45) is 2.16. The van der Waals surface area contributed by atoms with Crippen LogP contribution in [0.4, 0.5) is 0 Å². The van der Waals surface area contributed by atoms with E-state index in [0.717, 1.165) is 35.7 Å². The van der Waals surface area contributed by atoms with E-state index in [1.165, 1.54) is 21.9 Å². The number of hydrogen-bond donors (Lipinski definition) is 1. The van der Waals surface area contributed by atoms with Crippen molar-refractivity contribution in [3.05, 3.63) is 113 Å². The second-order valence-electron chi connectivity index (χ2n) is 7.95. The molecule has 4 aromatic carbocycles. The molecule has 2 nitrogen and oxygen atoms in total. The second kappa shape index (κ2) is 10.5. The number of benzene rings is 4. The van der Waals surface area contributed by atoms with Crippen LogP contribution in [-0.2, 0) is 19.6 Å². The Bertz CT molecular complexity index is 1130. The molecule has 0 saturated carbocycles. The van der Waals surface area contributed by atoms with Gasteiger partial charge in [0.15, 0.2) is 0 Å². The van der Waals surface area contributed by atoms with E-state index < -0.39 is 0 Å². The van der Waals surface area contributed by atoms with Gasteiger partial charge in [0, 0.05) is 28.7 Å². The number of fused-ring (bicyclic) bond motifs is 1. The molecule has 1 atom stereocenters. The summed E-state index contributed by atoms with van der Waals surface area (Å²) >= 11 is 6.32. The monoisotopic (exact) mass is 429 g/mol. The fraction of sp³-hybridized carbons (Fsp3) is 0.214. The van der Waals surface area contributed by atoms with E-state index in [1.54, 1.807) is 0 Å². The van der Waals surface area contributed by atoms with E-state index in [9.17, 15) is 0 Å². The molecular weight excluding hydrogens is 402 g/mol. The SMILES string of the molecule is C[C@@H](CCc1ccccc1)NCc1c(OCc2ccccc2Cl)ccc2ccccc12. The number of ether oxygens (including phenoxy) is 1. The van der Waals surface area contributed by atoms with E-state index in [0.29, 0.717) is 12.6 Å². The lowest BCUT2D eigenvalue weighted by atomic mass is 10.0. The molecule has 1 N–H and O–H groups in total. The Morgan fingerprint density at radius 3 is 2.42 bits per heavy atom. The molecule has 0 aliphatic heterocycles. The molecule has 0 aliphatic carbocycles. The lowest BCUT2D eigenvalue weighted by Crippen LogP contribution is -2.26. The van der Waals surface area contributed by atoms with Crippen molar-refractivity contribution in [2.75, 3.05) is 0 Å². The van der Waals surface area contributed by atoms with Gasteiger partial charge >= 0.3 is 0 Å². The van der Waals surface area contributed by atoms with Gasteiger partial charge in [-0.1, -0.05) is 90.5 Å². The highest BCUT2D eigenvalue weighted by Gasteiger charge is 2.12. The summed E-state index contributed by atoms with van der Waals surface area (Å²) < 4.78 is 6.25. The number of nitrogens with one attached hydrogen (secondary N) is 1. The topological polar surface area (TPSA) is 21.3 Å². The first-order valence-electron chi connectivity index (χ1n) is 10.8. The molecule has 0 heterocycles. The first-order valence-corrected chi connectivity index (χ1v) is 11.2. The molecule has 0 saturated heterocycles. The van der Waals surface area contributed by atoms with Crippen molar-refractivity contribution in [3.8, 4) is 5.75 Å². The molecule has 0 aromatic heterocycles. The number of rotatable bonds is 9. The van der Waals surface area contributed by atoms with E-state index in [-0.39, 0.29) is 0 Å². The Labute approximate surface area is 189 Å². The van der Waals surface area contributed by atoms with Crippen molar-refractivity contribution in [1.29, 1.82) is 0 Å². The van der Waals surface area contributed by atoms with Gasteiger partial charge in [-0.25, -0.2) is 0 Å². The predicted octanol–water partition coefficient (Wildman–Crippen LogP) is 7.18. The minimum absolute atomic E-state index is 0.399. The third-order valence-corrected chi connectivity index (χ3v) is 6.04. The molecule has 0 aliphatic rings. The fourth-order valence-corrected chi connectivity index (χ4v) is 4.00. The van der Waals surface area contributed by atoms with Gasteiger partial charge in [-0.05, 0) is 48.2 Å². The molecule has 0 bridgehead atoms. The summed E-state index contributed by atoms with van der Waals surface area (Å²) in [5.41, 5.74) is 3.56. The Kier molecular flexibility index (Phi) is 7.24. The highest BCUT2D eigenvalue weighted by Crippen LogP contribution is 2.29. The molecule has 0 spiro atoms. The fourth-order valence-electron chi connectivity index (χ4n) is 3.81. The summed E-state index contributed by atoms with van der Waals surface area (Å²) in [6.45, 7) is 3.46. The molecular formula is C28H28ClNO. The first-order chi connectivity index (χ1) is 15.2. The van der Waals surface area contributed by atoms with Gasteiger partial charge in [-0.15, -0.1) is 0 Å². The minimum Gasteiger partial charge on any atom is -0.488 e. The van der Waals surface area contributed by atoms with Gasteiger partial charge in [0.2, 0.25) is 0 Å². The van der Waals surface area contributed by atoms with Crippen LogP contribution in [0.15, 0.2) is 91.0 Å². The Morgan fingerprint density at radius 2 is 1.58 bits per heavy atom. The molecule has 4 rings (SSSR count). The van der Waals surface area contributed by atoms with Gasteiger partial charge in [0.25, 0.3) is 0 Å². The zero-order chi connectivity index (χ0) is 21.5. The lowest BCUT2D eigenvalue weighted by Gasteiger charge is -2.18. The van der Waals surface area contributed by atoms with E-state index in [2.05, 4.69) is 79.0 Å². The van der Waals surface area contributed by atoms with E-state index in [4.69, 9.17) is 16.3 Å². The zero-order valence-corrected chi connectivity index (χ0v) is 18.6. The molecule has 31 heavy (non-hydrogen) atoms.